The minimum atomic E-state index is -0.274. The summed E-state index contributed by atoms with van der Waals surface area (Å²) in [5.41, 5.74) is 15.5. The number of nitrogens with zero attached hydrogens (tertiary/aromatic N) is 3. The molecule has 2 saturated heterocycles. The third kappa shape index (κ3) is 5.26. The molecule has 0 saturated carbocycles. The molecule has 8 heterocycles. The molecule has 2 fully saturated rings. The lowest BCUT2D eigenvalue weighted by molar-refractivity contribution is 0.0688. The smallest absolute Gasteiger partial charge is 0.253 e. The highest BCUT2D eigenvalue weighted by Gasteiger charge is 2.50. The number of hydrogen-bond donors (Lipinski definition) is 5. The fourth-order valence-electron chi connectivity index (χ4n) is 10.1. The molecule has 5 N–H and O–H groups in total. The summed E-state index contributed by atoms with van der Waals surface area (Å²) in [6.07, 6.45) is 7.13. The number of aromatic amines is 2. The Kier molecular flexibility index (Phi) is 7.52. The number of carbonyl (C=O) groups excluding carboxylic acids is 2. The second-order valence-electron chi connectivity index (χ2n) is 16.6. The molecular formula is C45H40F2N8O2. The Morgan fingerprint density at radius 3 is 1.58 bits per heavy atom. The first kappa shape index (κ1) is 34.3. The first-order valence-electron chi connectivity index (χ1n) is 19.7. The first-order valence-corrected chi connectivity index (χ1v) is 19.7. The van der Waals surface area contributed by atoms with Crippen molar-refractivity contribution in [2.24, 2.45) is 0 Å². The number of halogens is 2. The number of nitrogens with one attached hydrogen (secondary N) is 5. The van der Waals surface area contributed by atoms with Crippen molar-refractivity contribution in [1.29, 1.82) is 0 Å². The van der Waals surface area contributed by atoms with Crippen LogP contribution in [0.2, 0.25) is 0 Å². The summed E-state index contributed by atoms with van der Waals surface area (Å²) in [6, 6.07) is 17.1. The summed E-state index contributed by atoms with van der Waals surface area (Å²) in [7, 11) is 2.11. The average Bonchev–Trinajstić information content (AvgIpc) is 3.80. The van der Waals surface area contributed by atoms with Gasteiger partial charge in [-0.25, -0.2) is 8.78 Å². The fourth-order valence-corrected chi connectivity index (χ4v) is 10.1. The van der Waals surface area contributed by atoms with E-state index in [9.17, 15) is 18.4 Å². The maximum absolute atomic E-state index is 13.7. The van der Waals surface area contributed by atoms with Crippen LogP contribution in [0.25, 0.3) is 45.0 Å². The lowest BCUT2D eigenvalue weighted by Crippen LogP contribution is -2.65. The van der Waals surface area contributed by atoms with Crippen LogP contribution in [0.1, 0.15) is 54.4 Å². The Labute approximate surface area is 327 Å². The van der Waals surface area contributed by atoms with E-state index in [1.165, 1.54) is 24.3 Å². The van der Waals surface area contributed by atoms with Gasteiger partial charge in [0.2, 0.25) is 0 Å². The summed E-state index contributed by atoms with van der Waals surface area (Å²) >= 11 is 0. The van der Waals surface area contributed by atoms with E-state index in [0.29, 0.717) is 13.1 Å². The summed E-state index contributed by atoms with van der Waals surface area (Å²) in [5, 5.41) is 9.54. The van der Waals surface area contributed by atoms with Crippen LogP contribution in [0.3, 0.4) is 0 Å². The second-order valence-corrected chi connectivity index (χ2v) is 16.6. The first-order chi connectivity index (χ1) is 27.7. The molecule has 4 aromatic heterocycles. The molecule has 10 nitrogen and oxygen atoms in total. The number of likely N-dealkylation sites (tertiary alicyclic amines) is 1. The van der Waals surface area contributed by atoms with Crippen molar-refractivity contribution in [2.75, 3.05) is 46.3 Å². The number of carbonyl (C=O) groups is 2. The van der Waals surface area contributed by atoms with Crippen LogP contribution in [-0.4, -0.2) is 83.0 Å². The molecule has 0 unspecified atom stereocenters. The predicted octanol–water partition coefficient (Wildman–Crippen LogP) is 5.47. The third-order valence-corrected chi connectivity index (χ3v) is 13.0. The average molecular weight is 763 g/mol. The summed E-state index contributed by atoms with van der Waals surface area (Å²) < 4.78 is 27.4. The van der Waals surface area contributed by atoms with Gasteiger partial charge in [0, 0.05) is 85.3 Å². The molecule has 0 atom stereocenters. The minimum absolute atomic E-state index is 0.0199. The SMILES string of the molecule is CN1CC2(CNC(=O)c3c2[nH]c2c3CCc3cnc(-c4cccc(F)c4)cc3-2)C1.O=C1NCC2(CNC2)c2[nH]c3c(c21)CCc1cnc(-c2cccc(F)c2)cc1-3. The van der Waals surface area contributed by atoms with E-state index in [1.54, 1.807) is 12.1 Å². The molecule has 12 heteroatoms. The quantitative estimate of drug-likeness (QED) is 0.159. The van der Waals surface area contributed by atoms with Gasteiger partial charge in [0.25, 0.3) is 11.8 Å². The molecule has 0 radical (unpaired) electrons. The van der Waals surface area contributed by atoms with Crippen LogP contribution in [0.5, 0.6) is 0 Å². The van der Waals surface area contributed by atoms with Crippen LogP contribution < -0.4 is 16.0 Å². The summed E-state index contributed by atoms with van der Waals surface area (Å²) in [6.45, 7) is 4.98. The Morgan fingerprint density at radius 2 is 1.12 bits per heavy atom. The summed E-state index contributed by atoms with van der Waals surface area (Å²) in [4.78, 5) is 44.1. The van der Waals surface area contributed by atoms with E-state index in [0.717, 1.165) is 142 Å². The molecule has 2 aromatic carbocycles. The molecule has 12 rings (SSSR count). The fraction of sp³-hybridized carbons (Fsp3) is 0.289. The highest BCUT2D eigenvalue weighted by Crippen LogP contribution is 2.46. The van der Waals surface area contributed by atoms with Gasteiger partial charge < -0.3 is 30.8 Å². The monoisotopic (exact) mass is 762 g/mol. The molecule has 0 bridgehead atoms. The van der Waals surface area contributed by atoms with E-state index < -0.39 is 0 Å². The summed E-state index contributed by atoms with van der Waals surface area (Å²) in [5.74, 6) is -0.497. The van der Waals surface area contributed by atoms with Gasteiger partial charge >= 0.3 is 0 Å². The highest BCUT2D eigenvalue weighted by atomic mass is 19.1. The van der Waals surface area contributed by atoms with Crippen molar-refractivity contribution in [3.8, 4) is 45.0 Å². The van der Waals surface area contributed by atoms with Gasteiger partial charge in [-0.2, -0.15) is 0 Å². The number of likely N-dealkylation sites (N-methyl/N-ethyl adjacent to an activating group) is 1. The number of hydrogen-bond acceptors (Lipinski definition) is 6. The van der Waals surface area contributed by atoms with Gasteiger partial charge in [-0.1, -0.05) is 24.3 Å². The molecular weight excluding hydrogens is 723 g/mol. The van der Waals surface area contributed by atoms with E-state index >= 15 is 0 Å². The van der Waals surface area contributed by atoms with Gasteiger partial charge in [-0.15, -0.1) is 0 Å². The molecule has 6 aliphatic rings. The van der Waals surface area contributed by atoms with Gasteiger partial charge in [-0.3, -0.25) is 19.6 Å². The second kappa shape index (κ2) is 12.5. The third-order valence-electron chi connectivity index (χ3n) is 13.0. The lowest BCUT2D eigenvalue weighted by Gasteiger charge is -2.50. The number of aromatic nitrogens is 4. The van der Waals surface area contributed by atoms with Crippen molar-refractivity contribution in [2.45, 2.75) is 36.5 Å². The molecule has 57 heavy (non-hydrogen) atoms. The van der Waals surface area contributed by atoms with Crippen molar-refractivity contribution < 1.29 is 18.4 Å². The van der Waals surface area contributed by atoms with Crippen molar-refractivity contribution in [3.63, 3.8) is 0 Å². The number of benzene rings is 2. The highest BCUT2D eigenvalue weighted by molar-refractivity contribution is 6.02. The maximum atomic E-state index is 13.7. The lowest BCUT2D eigenvalue weighted by atomic mass is 9.73. The topological polar surface area (TPSA) is 131 Å². The van der Waals surface area contributed by atoms with Crippen LogP contribution in [-0.2, 0) is 36.5 Å². The van der Waals surface area contributed by atoms with Crippen LogP contribution >= 0.6 is 0 Å². The zero-order valence-corrected chi connectivity index (χ0v) is 31.4. The van der Waals surface area contributed by atoms with Gasteiger partial charge in [-0.05, 0) is 91.4 Å². The molecule has 6 aromatic rings. The minimum Gasteiger partial charge on any atom is -0.357 e. The van der Waals surface area contributed by atoms with E-state index in [4.69, 9.17) is 0 Å². The van der Waals surface area contributed by atoms with Gasteiger partial charge in [0.05, 0.1) is 44.7 Å². The molecule has 286 valence electrons. The van der Waals surface area contributed by atoms with Crippen LogP contribution in [0.4, 0.5) is 8.78 Å². The largest absolute Gasteiger partial charge is 0.357 e. The zero-order chi connectivity index (χ0) is 38.6. The van der Waals surface area contributed by atoms with Crippen molar-refractivity contribution in [1.82, 2.24) is 40.8 Å². The Hall–Kier alpha value is -5.98. The van der Waals surface area contributed by atoms with Crippen molar-refractivity contribution in [3.05, 3.63) is 129 Å². The number of amides is 2. The van der Waals surface area contributed by atoms with Gasteiger partial charge in [0.1, 0.15) is 11.6 Å². The van der Waals surface area contributed by atoms with Gasteiger partial charge in [0.15, 0.2) is 0 Å². The number of rotatable bonds is 2. The van der Waals surface area contributed by atoms with Crippen LogP contribution in [0, 0.1) is 11.6 Å². The molecule has 2 spiro atoms. The van der Waals surface area contributed by atoms with E-state index in [-0.39, 0.29) is 34.3 Å². The Bertz CT molecular complexity index is 2690. The number of H-pyrrole nitrogens is 2. The maximum Gasteiger partial charge on any atom is 0.253 e. The Balaban J connectivity index is 0.000000131. The van der Waals surface area contributed by atoms with E-state index in [2.05, 4.69) is 47.8 Å². The van der Waals surface area contributed by atoms with Crippen molar-refractivity contribution >= 4 is 11.8 Å². The number of pyridine rings is 2. The number of aryl methyl sites for hydroxylation is 2. The van der Waals surface area contributed by atoms with E-state index in [1.807, 2.05) is 36.7 Å². The number of fused-ring (bicyclic) bond motifs is 12. The molecule has 2 aliphatic carbocycles. The zero-order valence-electron chi connectivity index (χ0n) is 31.4. The van der Waals surface area contributed by atoms with Crippen LogP contribution in [0.15, 0.2) is 73.1 Å². The standard InChI is InChI=1S/C23H21FN4O.C22H19FN4O/c1-28-11-23(12-28)10-26-22(29)19-16-6-5-14-9-25-18(13-3-2-4-15(24)7-13)8-17(14)20(16)27-21(19)23;23-14-3-1-2-12(6-14)17-7-16-13(8-25-17)4-5-15-18-20(27-19(15)16)22(9-24-10-22)11-26-21(18)28/h2-4,7-9,27H,5-6,10-12H2,1H3,(H,26,29);1-3,6-8,24,27H,4-5,9-11H2,(H,26,28). The molecule has 2 amide bonds. The normalized spacial score (nSPS) is 18.9. The molecule has 4 aliphatic heterocycles. The Morgan fingerprint density at radius 1 is 0.632 bits per heavy atom. The predicted molar refractivity (Wildman–Crippen MR) is 212 cm³/mol.